The lowest BCUT2D eigenvalue weighted by atomic mass is 9.82. The molecule has 2 fully saturated rings. The number of nitrogens with zero attached hydrogens (tertiary/aromatic N) is 3. The van der Waals surface area contributed by atoms with Crippen LogP contribution in [0.4, 0.5) is 0 Å². The number of rotatable bonds is 4. The monoisotopic (exact) mass is 419 g/mol. The maximum Gasteiger partial charge on any atom is 0.282 e. The number of carbonyl (C=O) groups is 1. The Labute approximate surface area is 175 Å². The second-order valence-corrected chi connectivity index (χ2v) is 10.7. The number of hydrogen-bond donors (Lipinski definition) is 0. The molecule has 4 rings (SSSR count). The highest BCUT2D eigenvalue weighted by Crippen LogP contribution is 2.33. The molecule has 0 radical (unpaired) electrons. The van der Waals surface area contributed by atoms with Crippen molar-refractivity contribution in [1.29, 1.82) is 0 Å². The van der Waals surface area contributed by atoms with Gasteiger partial charge in [-0.25, -0.2) is 0 Å². The van der Waals surface area contributed by atoms with Gasteiger partial charge in [-0.3, -0.25) is 4.79 Å². The molecule has 3 aliphatic rings. The van der Waals surface area contributed by atoms with Crippen molar-refractivity contribution in [1.82, 2.24) is 13.5 Å². The molecule has 1 saturated carbocycles. The fourth-order valence-corrected chi connectivity index (χ4v) is 6.76. The molecular formula is C22H33N3O3S. The minimum absolute atomic E-state index is 0.0759. The Morgan fingerprint density at radius 1 is 0.966 bits per heavy atom. The van der Waals surface area contributed by atoms with Crippen LogP contribution in [0.2, 0.25) is 0 Å². The molecule has 1 aliphatic heterocycles. The predicted molar refractivity (Wildman–Crippen MR) is 114 cm³/mol. The Bertz CT molecular complexity index is 827. The zero-order valence-electron chi connectivity index (χ0n) is 17.4. The van der Waals surface area contributed by atoms with E-state index in [1.54, 1.807) is 15.7 Å². The van der Waals surface area contributed by atoms with Gasteiger partial charge in [0.25, 0.3) is 10.2 Å². The first-order valence-electron chi connectivity index (χ1n) is 11.1. The van der Waals surface area contributed by atoms with Crippen molar-refractivity contribution in [2.45, 2.75) is 63.3 Å². The molecule has 6 nitrogen and oxygen atoms in total. The minimum Gasteiger partial charge on any atom is -0.340 e. The van der Waals surface area contributed by atoms with E-state index >= 15 is 0 Å². The average Bonchev–Trinajstić information content (AvgIpc) is 2.78. The topological polar surface area (TPSA) is 60.9 Å². The SMILES string of the molecule is CN(C1CCCCC1)S(=O)(=O)N1CCN(C(=O)C2CCCc3ccccc32)CC1. The van der Waals surface area contributed by atoms with Crippen LogP contribution in [0, 0.1) is 0 Å². The summed E-state index contributed by atoms with van der Waals surface area (Å²) in [6, 6.07) is 8.37. The Morgan fingerprint density at radius 3 is 2.38 bits per heavy atom. The molecule has 1 saturated heterocycles. The molecule has 1 heterocycles. The molecule has 1 atom stereocenters. The quantitative estimate of drug-likeness (QED) is 0.754. The summed E-state index contributed by atoms with van der Waals surface area (Å²) in [7, 11) is -1.73. The Balaban J connectivity index is 1.39. The van der Waals surface area contributed by atoms with Gasteiger partial charge in [-0.1, -0.05) is 43.5 Å². The maximum atomic E-state index is 13.2. The highest BCUT2D eigenvalue weighted by Gasteiger charge is 2.37. The maximum absolute atomic E-state index is 13.2. The lowest BCUT2D eigenvalue weighted by molar-refractivity contribution is -0.134. The molecule has 0 bridgehead atoms. The van der Waals surface area contributed by atoms with E-state index < -0.39 is 10.2 Å². The second-order valence-electron chi connectivity index (χ2n) is 8.68. The van der Waals surface area contributed by atoms with E-state index in [1.165, 1.54) is 12.0 Å². The standard InChI is InChI=1S/C22H33N3O3S/c1-23(19-10-3-2-4-11-19)29(27,28)25-16-14-24(15-17-25)22(26)21-13-7-9-18-8-5-6-12-20(18)21/h5-6,8,12,19,21H,2-4,7,9-11,13-17H2,1H3. The summed E-state index contributed by atoms with van der Waals surface area (Å²) in [6.45, 7) is 1.74. The van der Waals surface area contributed by atoms with Gasteiger partial charge in [-0.2, -0.15) is 17.0 Å². The van der Waals surface area contributed by atoms with Gasteiger partial charge in [0.15, 0.2) is 0 Å². The van der Waals surface area contributed by atoms with Crippen molar-refractivity contribution in [3.05, 3.63) is 35.4 Å². The van der Waals surface area contributed by atoms with Gasteiger partial charge in [0, 0.05) is 39.3 Å². The number of hydrogen-bond acceptors (Lipinski definition) is 3. The highest BCUT2D eigenvalue weighted by atomic mass is 32.2. The molecule has 1 amide bonds. The van der Waals surface area contributed by atoms with E-state index in [-0.39, 0.29) is 17.9 Å². The van der Waals surface area contributed by atoms with Gasteiger partial charge in [0.1, 0.15) is 0 Å². The molecule has 0 N–H and O–H groups in total. The summed E-state index contributed by atoms with van der Waals surface area (Å²) >= 11 is 0. The summed E-state index contributed by atoms with van der Waals surface area (Å²) in [4.78, 5) is 15.1. The third-order valence-electron chi connectivity index (χ3n) is 7.00. The number of carbonyl (C=O) groups excluding carboxylic acids is 1. The fraction of sp³-hybridized carbons (Fsp3) is 0.682. The molecule has 1 aromatic carbocycles. The van der Waals surface area contributed by atoms with Crippen LogP contribution in [-0.4, -0.2) is 67.1 Å². The number of fused-ring (bicyclic) bond motifs is 1. The van der Waals surface area contributed by atoms with Crippen molar-refractivity contribution >= 4 is 16.1 Å². The highest BCUT2D eigenvalue weighted by molar-refractivity contribution is 7.86. The lowest BCUT2D eigenvalue weighted by Crippen LogP contribution is -2.55. The molecule has 160 valence electrons. The number of piperazine rings is 1. The van der Waals surface area contributed by atoms with Gasteiger partial charge in [0.05, 0.1) is 5.92 Å². The van der Waals surface area contributed by atoms with Gasteiger partial charge in [-0.15, -0.1) is 0 Å². The predicted octanol–water partition coefficient (Wildman–Crippen LogP) is 2.76. The molecule has 1 unspecified atom stereocenters. The third kappa shape index (κ3) is 4.23. The summed E-state index contributed by atoms with van der Waals surface area (Å²) in [5.41, 5.74) is 2.45. The van der Waals surface area contributed by atoms with E-state index in [2.05, 4.69) is 12.1 Å². The van der Waals surface area contributed by atoms with E-state index in [0.717, 1.165) is 50.5 Å². The first kappa shape index (κ1) is 20.8. The zero-order chi connectivity index (χ0) is 20.4. The second kappa shape index (κ2) is 8.74. The van der Waals surface area contributed by atoms with Crippen LogP contribution >= 0.6 is 0 Å². The fourth-order valence-electron chi connectivity index (χ4n) is 5.19. The lowest BCUT2D eigenvalue weighted by Gasteiger charge is -2.40. The minimum atomic E-state index is -3.46. The zero-order valence-corrected chi connectivity index (χ0v) is 18.2. The van der Waals surface area contributed by atoms with E-state index in [9.17, 15) is 13.2 Å². The summed E-state index contributed by atoms with van der Waals surface area (Å²) in [5.74, 6) is 0.0860. The number of aryl methyl sites for hydroxylation is 1. The molecule has 0 aromatic heterocycles. The normalized spacial score (nSPS) is 24.5. The van der Waals surface area contributed by atoms with Crippen molar-refractivity contribution in [3.8, 4) is 0 Å². The molecule has 1 aromatic rings. The Hall–Kier alpha value is -1.44. The molecule has 7 heteroatoms. The van der Waals surface area contributed by atoms with E-state index in [1.807, 2.05) is 17.0 Å². The largest absolute Gasteiger partial charge is 0.340 e. The van der Waals surface area contributed by atoms with Crippen molar-refractivity contribution in [3.63, 3.8) is 0 Å². The first-order chi connectivity index (χ1) is 14.0. The average molecular weight is 420 g/mol. The van der Waals surface area contributed by atoms with Crippen LogP contribution in [0.3, 0.4) is 0 Å². The Morgan fingerprint density at radius 2 is 1.66 bits per heavy atom. The van der Waals surface area contributed by atoms with Crippen LogP contribution < -0.4 is 0 Å². The third-order valence-corrected chi connectivity index (χ3v) is 9.04. The van der Waals surface area contributed by atoms with Crippen LogP contribution in [0.5, 0.6) is 0 Å². The summed E-state index contributed by atoms with van der Waals surface area (Å²) in [5, 5.41) is 0. The van der Waals surface area contributed by atoms with Crippen LogP contribution in [0.15, 0.2) is 24.3 Å². The Kier molecular flexibility index (Phi) is 6.27. The van der Waals surface area contributed by atoms with E-state index in [0.29, 0.717) is 26.2 Å². The molecule has 2 aliphatic carbocycles. The molecular weight excluding hydrogens is 386 g/mol. The van der Waals surface area contributed by atoms with Crippen molar-refractivity contribution in [2.24, 2.45) is 0 Å². The van der Waals surface area contributed by atoms with E-state index in [4.69, 9.17) is 0 Å². The van der Waals surface area contributed by atoms with Gasteiger partial charge < -0.3 is 4.90 Å². The van der Waals surface area contributed by atoms with Gasteiger partial charge in [0.2, 0.25) is 5.91 Å². The summed E-state index contributed by atoms with van der Waals surface area (Å²) in [6.07, 6.45) is 8.29. The van der Waals surface area contributed by atoms with Crippen molar-refractivity contribution < 1.29 is 13.2 Å². The van der Waals surface area contributed by atoms with Crippen LogP contribution in [0.25, 0.3) is 0 Å². The number of benzene rings is 1. The molecule has 29 heavy (non-hydrogen) atoms. The summed E-state index contributed by atoms with van der Waals surface area (Å²) < 4.78 is 29.3. The molecule has 0 spiro atoms. The van der Waals surface area contributed by atoms with Crippen LogP contribution in [0.1, 0.15) is 62.0 Å². The smallest absolute Gasteiger partial charge is 0.282 e. The van der Waals surface area contributed by atoms with Gasteiger partial charge >= 0.3 is 0 Å². The van der Waals surface area contributed by atoms with Crippen molar-refractivity contribution in [2.75, 3.05) is 33.2 Å². The van der Waals surface area contributed by atoms with Crippen LogP contribution in [-0.2, 0) is 21.4 Å². The first-order valence-corrected chi connectivity index (χ1v) is 12.5. The van der Waals surface area contributed by atoms with Gasteiger partial charge in [-0.05, 0) is 43.2 Å². The number of amides is 1.